The number of halogens is 1. The van der Waals surface area contributed by atoms with Crippen molar-refractivity contribution in [1.82, 2.24) is 15.1 Å². The van der Waals surface area contributed by atoms with E-state index >= 15 is 0 Å². The first kappa shape index (κ1) is 22.5. The van der Waals surface area contributed by atoms with Crippen molar-refractivity contribution in [2.45, 2.75) is 32.9 Å². The Kier molecular flexibility index (Phi) is 7.05. The molecule has 7 heteroatoms. The van der Waals surface area contributed by atoms with Crippen LogP contribution in [0.15, 0.2) is 54.6 Å². The van der Waals surface area contributed by atoms with Gasteiger partial charge in [0, 0.05) is 36.8 Å². The minimum atomic E-state index is -0.737. The highest BCUT2D eigenvalue weighted by Gasteiger charge is 2.35. The zero-order chi connectivity index (χ0) is 22.5. The topological polar surface area (TPSA) is 69.7 Å². The Balaban J connectivity index is 1.66. The van der Waals surface area contributed by atoms with Crippen LogP contribution in [0.4, 0.5) is 4.39 Å². The van der Waals surface area contributed by atoms with Gasteiger partial charge in [0.25, 0.3) is 11.8 Å². The van der Waals surface area contributed by atoms with Gasteiger partial charge in [0.05, 0.1) is 0 Å². The standard InChI is InChI=1S/C24H28FN3O3/c1-16(2)21(26-22(29)19-10-7-11-20(25)14-19)24(31)27-12-13-28(17(3)15-27)23(30)18-8-5-4-6-9-18/h4-11,14,16-17,21H,12-13,15H2,1-3H3,(H,26,29). The van der Waals surface area contributed by atoms with Gasteiger partial charge >= 0.3 is 0 Å². The van der Waals surface area contributed by atoms with E-state index in [-0.39, 0.29) is 29.3 Å². The summed E-state index contributed by atoms with van der Waals surface area (Å²) in [5, 5.41) is 2.75. The maximum atomic E-state index is 13.5. The molecule has 1 aliphatic heterocycles. The van der Waals surface area contributed by atoms with Crippen LogP contribution in [0.2, 0.25) is 0 Å². The molecule has 1 N–H and O–H groups in total. The van der Waals surface area contributed by atoms with Crippen LogP contribution in [-0.4, -0.2) is 59.2 Å². The second-order valence-electron chi connectivity index (χ2n) is 8.20. The third-order valence-corrected chi connectivity index (χ3v) is 5.53. The first-order chi connectivity index (χ1) is 14.8. The van der Waals surface area contributed by atoms with Crippen LogP contribution >= 0.6 is 0 Å². The molecule has 0 saturated carbocycles. The summed E-state index contributed by atoms with van der Waals surface area (Å²) in [6.45, 7) is 6.82. The second-order valence-corrected chi connectivity index (χ2v) is 8.20. The molecule has 1 fully saturated rings. The van der Waals surface area contributed by atoms with Crippen molar-refractivity contribution in [3.8, 4) is 0 Å². The zero-order valence-corrected chi connectivity index (χ0v) is 18.0. The van der Waals surface area contributed by atoms with E-state index in [1.165, 1.54) is 18.2 Å². The maximum Gasteiger partial charge on any atom is 0.254 e. The Labute approximate surface area is 182 Å². The molecule has 0 spiro atoms. The Bertz CT molecular complexity index is 948. The summed E-state index contributed by atoms with van der Waals surface area (Å²) in [6.07, 6.45) is 0. The van der Waals surface area contributed by atoms with Crippen LogP contribution in [-0.2, 0) is 4.79 Å². The number of hydrogen-bond acceptors (Lipinski definition) is 3. The molecule has 0 aliphatic carbocycles. The van der Waals surface area contributed by atoms with E-state index in [9.17, 15) is 18.8 Å². The predicted octanol–water partition coefficient (Wildman–Crippen LogP) is 2.95. The van der Waals surface area contributed by atoms with E-state index in [2.05, 4.69) is 5.32 Å². The van der Waals surface area contributed by atoms with Crippen LogP contribution in [0.1, 0.15) is 41.5 Å². The molecule has 3 amide bonds. The number of nitrogens with zero attached hydrogens (tertiary/aromatic N) is 2. The number of nitrogens with one attached hydrogen (secondary N) is 1. The lowest BCUT2D eigenvalue weighted by Crippen LogP contribution is -2.59. The smallest absolute Gasteiger partial charge is 0.254 e. The minimum absolute atomic E-state index is 0.0555. The summed E-state index contributed by atoms with van der Waals surface area (Å²) < 4.78 is 13.5. The molecule has 0 bridgehead atoms. The molecule has 1 heterocycles. The zero-order valence-electron chi connectivity index (χ0n) is 18.0. The molecule has 3 rings (SSSR count). The number of hydrogen-bond donors (Lipinski definition) is 1. The number of carbonyl (C=O) groups is 3. The average molecular weight is 426 g/mol. The summed E-state index contributed by atoms with van der Waals surface area (Å²) in [5.74, 6) is -1.40. The third-order valence-electron chi connectivity index (χ3n) is 5.53. The molecule has 2 aromatic carbocycles. The Morgan fingerprint density at radius 2 is 1.68 bits per heavy atom. The first-order valence-corrected chi connectivity index (χ1v) is 10.5. The molecule has 2 atom stereocenters. The fraction of sp³-hybridized carbons (Fsp3) is 0.375. The third kappa shape index (κ3) is 5.29. The number of amides is 3. The SMILES string of the molecule is CC(C)C(NC(=O)c1cccc(F)c1)C(=O)N1CCN(C(=O)c2ccccc2)C(C)C1. The van der Waals surface area contributed by atoms with E-state index in [0.717, 1.165) is 6.07 Å². The van der Waals surface area contributed by atoms with Gasteiger partial charge in [0.1, 0.15) is 11.9 Å². The van der Waals surface area contributed by atoms with E-state index < -0.39 is 17.8 Å². The molecule has 0 aromatic heterocycles. The molecule has 31 heavy (non-hydrogen) atoms. The number of benzene rings is 2. The van der Waals surface area contributed by atoms with Gasteiger partial charge in [0.2, 0.25) is 5.91 Å². The molecule has 1 saturated heterocycles. The average Bonchev–Trinajstić information content (AvgIpc) is 2.76. The molecule has 164 valence electrons. The van der Waals surface area contributed by atoms with Crippen LogP contribution in [0.25, 0.3) is 0 Å². The second kappa shape index (κ2) is 9.73. The molecular weight excluding hydrogens is 397 g/mol. The summed E-state index contributed by atoms with van der Waals surface area (Å²) >= 11 is 0. The number of rotatable bonds is 5. The van der Waals surface area contributed by atoms with Crippen molar-refractivity contribution in [3.63, 3.8) is 0 Å². The van der Waals surface area contributed by atoms with Gasteiger partial charge in [-0.05, 0) is 43.2 Å². The predicted molar refractivity (Wildman–Crippen MR) is 116 cm³/mol. The maximum absolute atomic E-state index is 13.5. The molecule has 2 unspecified atom stereocenters. The Hall–Kier alpha value is -3.22. The lowest BCUT2D eigenvalue weighted by molar-refractivity contribution is -0.136. The summed E-state index contributed by atoms with van der Waals surface area (Å²) in [6, 6.07) is 13.6. The van der Waals surface area contributed by atoms with Crippen LogP contribution in [0.3, 0.4) is 0 Å². The van der Waals surface area contributed by atoms with Gasteiger partial charge in [-0.3, -0.25) is 14.4 Å². The van der Waals surface area contributed by atoms with Crippen molar-refractivity contribution < 1.29 is 18.8 Å². The minimum Gasteiger partial charge on any atom is -0.340 e. The van der Waals surface area contributed by atoms with E-state index in [4.69, 9.17) is 0 Å². The van der Waals surface area contributed by atoms with Crippen LogP contribution in [0, 0.1) is 11.7 Å². The summed E-state index contributed by atoms with van der Waals surface area (Å²) in [7, 11) is 0. The van der Waals surface area contributed by atoms with E-state index in [1.807, 2.05) is 39.0 Å². The normalized spacial score (nSPS) is 17.4. The number of carbonyl (C=O) groups excluding carboxylic acids is 3. The van der Waals surface area contributed by atoms with Crippen molar-refractivity contribution in [1.29, 1.82) is 0 Å². The molecule has 6 nitrogen and oxygen atoms in total. The van der Waals surface area contributed by atoms with E-state index in [1.54, 1.807) is 21.9 Å². The number of piperazine rings is 1. The molecular formula is C24H28FN3O3. The Morgan fingerprint density at radius 3 is 2.29 bits per heavy atom. The van der Waals surface area contributed by atoms with Gasteiger partial charge in [0.15, 0.2) is 0 Å². The van der Waals surface area contributed by atoms with Gasteiger partial charge in [-0.2, -0.15) is 0 Å². The first-order valence-electron chi connectivity index (χ1n) is 10.5. The van der Waals surface area contributed by atoms with Crippen LogP contribution < -0.4 is 5.32 Å². The lowest BCUT2D eigenvalue weighted by atomic mass is 10.0. The fourth-order valence-corrected chi connectivity index (χ4v) is 3.77. The monoisotopic (exact) mass is 425 g/mol. The van der Waals surface area contributed by atoms with Crippen molar-refractivity contribution in [2.24, 2.45) is 5.92 Å². The van der Waals surface area contributed by atoms with Gasteiger partial charge in [-0.25, -0.2) is 4.39 Å². The molecule has 0 radical (unpaired) electrons. The van der Waals surface area contributed by atoms with Gasteiger partial charge in [-0.1, -0.05) is 38.1 Å². The van der Waals surface area contributed by atoms with Crippen molar-refractivity contribution in [3.05, 3.63) is 71.5 Å². The Morgan fingerprint density at radius 1 is 1.00 bits per heavy atom. The van der Waals surface area contributed by atoms with Gasteiger partial charge < -0.3 is 15.1 Å². The van der Waals surface area contributed by atoms with Crippen LogP contribution in [0.5, 0.6) is 0 Å². The van der Waals surface area contributed by atoms with Crippen molar-refractivity contribution in [2.75, 3.05) is 19.6 Å². The van der Waals surface area contributed by atoms with Crippen molar-refractivity contribution >= 4 is 17.7 Å². The quantitative estimate of drug-likeness (QED) is 0.801. The molecule has 2 aromatic rings. The lowest BCUT2D eigenvalue weighted by Gasteiger charge is -2.41. The van der Waals surface area contributed by atoms with E-state index in [0.29, 0.717) is 25.2 Å². The molecule has 1 aliphatic rings. The largest absolute Gasteiger partial charge is 0.340 e. The highest BCUT2D eigenvalue weighted by Crippen LogP contribution is 2.17. The highest BCUT2D eigenvalue weighted by molar-refractivity contribution is 5.98. The van der Waals surface area contributed by atoms with Gasteiger partial charge in [-0.15, -0.1) is 0 Å². The highest BCUT2D eigenvalue weighted by atomic mass is 19.1. The summed E-state index contributed by atoms with van der Waals surface area (Å²) in [4.78, 5) is 42.0. The summed E-state index contributed by atoms with van der Waals surface area (Å²) in [5.41, 5.74) is 0.793. The fourth-order valence-electron chi connectivity index (χ4n) is 3.77.